The smallest absolute Gasteiger partial charge is 0.134 e. The van der Waals surface area contributed by atoms with Gasteiger partial charge in [-0.3, -0.25) is 9.56 Å². The topological polar surface area (TPSA) is 43.1 Å². The molecule has 0 aromatic carbocycles. The number of nitrogens with zero attached hydrogens (tertiary/aromatic N) is 4. The van der Waals surface area contributed by atoms with E-state index in [1.54, 1.807) is 17.7 Å². The van der Waals surface area contributed by atoms with Crippen LogP contribution in [0.2, 0.25) is 0 Å². The van der Waals surface area contributed by atoms with Crippen molar-refractivity contribution in [2.24, 2.45) is 4.99 Å². The van der Waals surface area contributed by atoms with Gasteiger partial charge in [-0.1, -0.05) is 0 Å². The van der Waals surface area contributed by atoms with Crippen molar-refractivity contribution in [1.29, 1.82) is 0 Å². The Kier molecular flexibility index (Phi) is 2.91. The summed E-state index contributed by atoms with van der Waals surface area (Å²) >= 11 is 1.66. The zero-order chi connectivity index (χ0) is 10.7. The molecule has 0 spiro atoms. The van der Waals surface area contributed by atoms with Crippen molar-refractivity contribution in [1.82, 2.24) is 14.8 Å². The number of hydrogen-bond acceptors (Lipinski definition) is 4. The SMILES string of the molecule is CCN=Cc1ccsc1-n1cnnc1C. The minimum absolute atomic E-state index is 0.802. The molecule has 0 bridgehead atoms. The second-order valence-corrected chi connectivity index (χ2v) is 3.95. The molecule has 78 valence electrons. The molecule has 0 unspecified atom stereocenters. The Hall–Kier alpha value is -1.49. The van der Waals surface area contributed by atoms with Crippen LogP contribution in [0.5, 0.6) is 0 Å². The maximum atomic E-state index is 4.24. The van der Waals surface area contributed by atoms with Crippen LogP contribution in [0.4, 0.5) is 0 Å². The quantitative estimate of drug-likeness (QED) is 0.743. The Balaban J connectivity index is 2.41. The van der Waals surface area contributed by atoms with Gasteiger partial charge in [0, 0.05) is 18.3 Å². The van der Waals surface area contributed by atoms with Crippen LogP contribution in [0.15, 0.2) is 22.8 Å². The van der Waals surface area contributed by atoms with Crippen LogP contribution in [-0.2, 0) is 0 Å². The maximum Gasteiger partial charge on any atom is 0.134 e. The van der Waals surface area contributed by atoms with Crippen molar-refractivity contribution < 1.29 is 0 Å². The van der Waals surface area contributed by atoms with Crippen molar-refractivity contribution in [3.05, 3.63) is 29.2 Å². The van der Waals surface area contributed by atoms with Gasteiger partial charge in [-0.15, -0.1) is 21.5 Å². The summed E-state index contributed by atoms with van der Waals surface area (Å²) in [6.45, 7) is 4.76. The van der Waals surface area contributed by atoms with E-state index in [4.69, 9.17) is 0 Å². The zero-order valence-corrected chi connectivity index (χ0v) is 9.53. The average Bonchev–Trinajstić information content (AvgIpc) is 2.82. The van der Waals surface area contributed by atoms with Crippen molar-refractivity contribution in [3.63, 3.8) is 0 Å². The van der Waals surface area contributed by atoms with Gasteiger partial charge in [0.1, 0.15) is 17.2 Å². The summed E-state index contributed by atoms with van der Waals surface area (Å²) in [5.41, 5.74) is 1.12. The maximum absolute atomic E-state index is 4.24. The van der Waals surface area contributed by atoms with Gasteiger partial charge >= 0.3 is 0 Å². The lowest BCUT2D eigenvalue weighted by Gasteiger charge is -2.00. The standard InChI is InChI=1S/C10H12N4S/c1-3-11-6-9-4-5-15-10(9)14-7-12-13-8(14)2/h4-7H,3H2,1-2H3. The van der Waals surface area contributed by atoms with Gasteiger partial charge < -0.3 is 0 Å². The zero-order valence-electron chi connectivity index (χ0n) is 8.71. The molecule has 2 rings (SSSR count). The van der Waals surface area contributed by atoms with Gasteiger partial charge in [0.2, 0.25) is 0 Å². The van der Waals surface area contributed by atoms with Crippen LogP contribution >= 0.6 is 11.3 Å². The number of aryl methyl sites for hydroxylation is 1. The Bertz CT molecular complexity index is 469. The highest BCUT2D eigenvalue weighted by atomic mass is 32.1. The molecule has 0 aliphatic heterocycles. The first-order valence-electron chi connectivity index (χ1n) is 4.77. The summed E-state index contributed by atoms with van der Waals surface area (Å²) in [5, 5.41) is 11.0. The molecule has 0 aliphatic rings. The molecule has 2 heterocycles. The molecule has 15 heavy (non-hydrogen) atoms. The third-order valence-electron chi connectivity index (χ3n) is 2.02. The number of hydrogen-bond donors (Lipinski definition) is 0. The van der Waals surface area contributed by atoms with Crippen molar-refractivity contribution in [2.45, 2.75) is 13.8 Å². The number of thiophene rings is 1. The van der Waals surface area contributed by atoms with Crippen LogP contribution in [0.25, 0.3) is 5.00 Å². The Morgan fingerprint density at radius 3 is 3.13 bits per heavy atom. The molecule has 4 nitrogen and oxygen atoms in total. The van der Waals surface area contributed by atoms with Gasteiger partial charge in [-0.05, 0) is 25.3 Å². The number of aliphatic imine (C=N–C) groups is 1. The molecular weight excluding hydrogens is 208 g/mol. The monoisotopic (exact) mass is 220 g/mol. The predicted molar refractivity (Wildman–Crippen MR) is 62.1 cm³/mol. The minimum atomic E-state index is 0.802. The van der Waals surface area contributed by atoms with Crippen LogP contribution < -0.4 is 0 Å². The summed E-state index contributed by atoms with van der Waals surface area (Å²) in [6.07, 6.45) is 3.62. The lowest BCUT2D eigenvalue weighted by atomic mass is 10.3. The Morgan fingerprint density at radius 1 is 1.60 bits per heavy atom. The molecule has 0 aliphatic carbocycles. The van der Waals surface area contributed by atoms with E-state index in [0.717, 1.165) is 22.9 Å². The first-order valence-corrected chi connectivity index (χ1v) is 5.65. The normalized spacial score (nSPS) is 11.3. The van der Waals surface area contributed by atoms with Crippen LogP contribution in [0, 0.1) is 6.92 Å². The third-order valence-corrected chi connectivity index (χ3v) is 2.95. The summed E-state index contributed by atoms with van der Waals surface area (Å²) in [6, 6.07) is 2.05. The fourth-order valence-electron chi connectivity index (χ4n) is 1.29. The first kappa shape index (κ1) is 10.0. The van der Waals surface area contributed by atoms with Gasteiger partial charge in [0.15, 0.2) is 0 Å². The Labute approximate surface area is 92.3 Å². The highest BCUT2D eigenvalue weighted by Gasteiger charge is 2.07. The fraction of sp³-hybridized carbons (Fsp3) is 0.300. The van der Waals surface area contributed by atoms with Gasteiger partial charge in [0.25, 0.3) is 0 Å². The molecule has 0 amide bonds. The van der Waals surface area contributed by atoms with Crippen molar-refractivity contribution in [2.75, 3.05) is 6.54 Å². The van der Waals surface area contributed by atoms with E-state index in [1.165, 1.54) is 0 Å². The largest absolute Gasteiger partial charge is 0.293 e. The highest BCUT2D eigenvalue weighted by Crippen LogP contribution is 2.20. The molecule has 2 aromatic rings. The second-order valence-electron chi connectivity index (χ2n) is 3.06. The van der Waals surface area contributed by atoms with Crippen molar-refractivity contribution >= 4 is 17.6 Å². The molecular formula is C10H12N4S. The summed E-state index contributed by atoms with van der Waals surface area (Å²) in [4.78, 5) is 4.24. The molecule has 0 radical (unpaired) electrons. The third kappa shape index (κ3) is 1.97. The van der Waals surface area contributed by atoms with E-state index in [0.29, 0.717) is 0 Å². The lowest BCUT2D eigenvalue weighted by molar-refractivity contribution is 0.983. The molecule has 5 heteroatoms. The first-order chi connectivity index (χ1) is 7.33. The molecule has 0 N–H and O–H groups in total. The molecule has 0 saturated carbocycles. The summed E-state index contributed by atoms with van der Waals surface area (Å²) in [7, 11) is 0. The van der Waals surface area contributed by atoms with Gasteiger partial charge in [-0.2, -0.15) is 0 Å². The van der Waals surface area contributed by atoms with Crippen LogP contribution in [0.1, 0.15) is 18.3 Å². The van der Waals surface area contributed by atoms with E-state index in [9.17, 15) is 0 Å². The Morgan fingerprint density at radius 2 is 2.47 bits per heavy atom. The fourth-order valence-corrected chi connectivity index (χ4v) is 2.18. The average molecular weight is 220 g/mol. The molecule has 0 saturated heterocycles. The van der Waals surface area contributed by atoms with E-state index >= 15 is 0 Å². The van der Waals surface area contributed by atoms with E-state index in [-0.39, 0.29) is 0 Å². The van der Waals surface area contributed by atoms with E-state index in [1.807, 2.05) is 30.0 Å². The van der Waals surface area contributed by atoms with Crippen molar-refractivity contribution in [3.8, 4) is 5.00 Å². The van der Waals surface area contributed by atoms with Crippen LogP contribution in [-0.4, -0.2) is 27.5 Å². The number of rotatable bonds is 3. The minimum Gasteiger partial charge on any atom is -0.293 e. The van der Waals surface area contributed by atoms with Gasteiger partial charge in [-0.25, -0.2) is 0 Å². The summed E-state index contributed by atoms with van der Waals surface area (Å²) in [5.74, 6) is 0.892. The molecule has 0 atom stereocenters. The summed E-state index contributed by atoms with van der Waals surface area (Å²) < 4.78 is 1.97. The lowest BCUT2D eigenvalue weighted by Crippen LogP contribution is -1.96. The second kappa shape index (κ2) is 4.35. The van der Waals surface area contributed by atoms with E-state index in [2.05, 4.69) is 21.3 Å². The predicted octanol–water partition coefficient (Wildman–Crippen LogP) is 2.08. The molecule has 0 fully saturated rings. The van der Waals surface area contributed by atoms with Crippen LogP contribution in [0.3, 0.4) is 0 Å². The number of aromatic nitrogens is 3. The van der Waals surface area contributed by atoms with E-state index < -0.39 is 0 Å². The van der Waals surface area contributed by atoms with Gasteiger partial charge in [0.05, 0.1) is 0 Å². The molecule has 2 aromatic heterocycles. The highest BCUT2D eigenvalue weighted by molar-refractivity contribution is 7.12.